The van der Waals surface area contributed by atoms with Crippen LogP contribution >= 0.6 is 11.6 Å². The van der Waals surface area contributed by atoms with Gasteiger partial charge in [-0.05, 0) is 43.7 Å². The summed E-state index contributed by atoms with van der Waals surface area (Å²) in [5.74, 6) is -0.205. The highest BCUT2D eigenvalue weighted by Gasteiger charge is 2.12. The number of nitrogens with one attached hydrogen (secondary N) is 3. The fourth-order valence-corrected chi connectivity index (χ4v) is 2.01. The topological polar surface area (TPSA) is 83.4 Å². The molecule has 3 amide bonds. The highest BCUT2D eigenvalue weighted by atomic mass is 35.5. The first-order chi connectivity index (χ1) is 11.0. The highest BCUT2D eigenvalue weighted by molar-refractivity contribution is 6.34. The highest BCUT2D eigenvalue weighted by Crippen LogP contribution is 2.26. The number of hydrogen-bond donors (Lipinski definition) is 3. The minimum Gasteiger partial charge on any atom is -0.459 e. The van der Waals surface area contributed by atoms with Crippen molar-refractivity contribution in [2.45, 2.75) is 26.3 Å². The molecule has 1 atom stereocenters. The van der Waals surface area contributed by atoms with Crippen LogP contribution in [0.25, 0.3) is 0 Å². The van der Waals surface area contributed by atoms with Gasteiger partial charge in [0.15, 0.2) is 5.76 Å². The van der Waals surface area contributed by atoms with Crippen molar-refractivity contribution in [2.75, 3.05) is 10.6 Å². The average Bonchev–Trinajstić information content (AvgIpc) is 3.04. The van der Waals surface area contributed by atoms with Crippen LogP contribution in [0.2, 0.25) is 5.02 Å². The fraction of sp³-hybridized carbons (Fsp3) is 0.250. The zero-order valence-corrected chi connectivity index (χ0v) is 13.6. The lowest BCUT2D eigenvalue weighted by Gasteiger charge is -2.13. The van der Waals surface area contributed by atoms with E-state index in [0.717, 1.165) is 6.42 Å². The zero-order valence-electron chi connectivity index (χ0n) is 12.9. The van der Waals surface area contributed by atoms with Crippen LogP contribution in [-0.2, 0) is 0 Å². The second-order valence-corrected chi connectivity index (χ2v) is 5.44. The van der Waals surface area contributed by atoms with Crippen molar-refractivity contribution in [2.24, 2.45) is 0 Å². The molecular weight excluding hydrogens is 318 g/mol. The number of benzene rings is 1. The summed E-state index contributed by atoms with van der Waals surface area (Å²) in [5, 5.41) is 8.43. The number of carbonyl (C=O) groups excluding carboxylic acids is 2. The quantitative estimate of drug-likeness (QED) is 0.769. The molecule has 1 aromatic heterocycles. The van der Waals surface area contributed by atoms with Gasteiger partial charge >= 0.3 is 6.03 Å². The third-order valence-corrected chi connectivity index (χ3v) is 3.52. The minimum absolute atomic E-state index is 0.0809. The predicted molar refractivity (Wildman–Crippen MR) is 90.0 cm³/mol. The molecule has 0 saturated heterocycles. The van der Waals surface area contributed by atoms with Crippen molar-refractivity contribution < 1.29 is 14.0 Å². The molecular formula is C16H18ClN3O3. The van der Waals surface area contributed by atoms with Crippen molar-refractivity contribution in [1.82, 2.24) is 5.32 Å². The third kappa shape index (κ3) is 4.75. The Morgan fingerprint density at radius 1 is 1.26 bits per heavy atom. The predicted octanol–water partition coefficient (Wildman–Crippen LogP) is 4.11. The van der Waals surface area contributed by atoms with E-state index >= 15 is 0 Å². The summed E-state index contributed by atoms with van der Waals surface area (Å²) in [5.41, 5.74) is 0.966. The van der Waals surface area contributed by atoms with E-state index in [1.54, 1.807) is 30.3 Å². The number of rotatable bonds is 5. The van der Waals surface area contributed by atoms with Crippen LogP contribution in [0.4, 0.5) is 16.2 Å². The molecule has 7 heteroatoms. The summed E-state index contributed by atoms with van der Waals surface area (Å²) in [4.78, 5) is 23.7. The summed E-state index contributed by atoms with van der Waals surface area (Å²) >= 11 is 6.13. The molecule has 0 saturated carbocycles. The normalized spacial score (nSPS) is 11.6. The molecule has 0 aliphatic heterocycles. The second-order valence-electron chi connectivity index (χ2n) is 5.03. The first-order valence-corrected chi connectivity index (χ1v) is 7.59. The molecule has 6 nitrogen and oxygen atoms in total. The van der Waals surface area contributed by atoms with Crippen LogP contribution in [0, 0.1) is 0 Å². The monoisotopic (exact) mass is 335 g/mol. The molecule has 0 aliphatic carbocycles. The zero-order chi connectivity index (χ0) is 16.8. The number of urea groups is 1. The van der Waals surface area contributed by atoms with Gasteiger partial charge in [0.05, 0.1) is 17.0 Å². The Bertz CT molecular complexity index is 686. The van der Waals surface area contributed by atoms with E-state index in [1.807, 2.05) is 13.8 Å². The van der Waals surface area contributed by atoms with E-state index in [4.69, 9.17) is 16.0 Å². The molecule has 1 heterocycles. The molecule has 0 aliphatic rings. The standard InChI is InChI=1S/C16H18ClN3O3/c1-3-10(2)18-16(22)19-11-6-7-13(12(17)9-11)20-15(21)14-5-4-8-23-14/h4-10H,3H2,1-2H3,(H,20,21)(H2,18,19,22)/t10-/m1/s1. The second kappa shape index (κ2) is 7.69. The van der Waals surface area contributed by atoms with Crippen LogP contribution in [0.15, 0.2) is 41.0 Å². The molecule has 0 unspecified atom stereocenters. The molecule has 0 spiro atoms. The number of carbonyl (C=O) groups is 2. The van der Waals surface area contributed by atoms with Gasteiger partial charge in [0.25, 0.3) is 5.91 Å². The van der Waals surface area contributed by atoms with Gasteiger partial charge in [-0.3, -0.25) is 4.79 Å². The average molecular weight is 336 g/mol. The van der Waals surface area contributed by atoms with Crippen LogP contribution in [0.5, 0.6) is 0 Å². The smallest absolute Gasteiger partial charge is 0.319 e. The molecule has 0 bridgehead atoms. The molecule has 2 aromatic rings. The van der Waals surface area contributed by atoms with Crippen molar-refractivity contribution in [3.63, 3.8) is 0 Å². The summed E-state index contributed by atoms with van der Waals surface area (Å²) in [7, 11) is 0. The van der Waals surface area contributed by atoms with Crippen molar-refractivity contribution >= 4 is 34.9 Å². The largest absolute Gasteiger partial charge is 0.459 e. The lowest BCUT2D eigenvalue weighted by atomic mass is 10.2. The first-order valence-electron chi connectivity index (χ1n) is 7.21. The lowest BCUT2D eigenvalue weighted by Crippen LogP contribution is -2.35. The molecule has 2 rings (SSSR count). The maximum atomic E-state index is 11.9. The lowest BCUT2D eigenvalue weighted by molar-refractivity contribution is 0.0996. The molecule has 3 N–H and O–H groups in total. The summed E-state index contributed by atoms with van der Waals surface area (Å²) in [6.45, 7) is 3.90. The minimum atomic E-state index is -0.396. The number of amides is 3. The number of furan rings is 1. The van der Waals surface area contributed by atoms with Crippen molar-refractivity contribution in [3.05, 3.63) is 47.4 Å². The van der Waals surface area contributed by atoms with Gasteiger partial charge in [0.2, 0.25) is 0 Å². The van der Waals surface area contributed by atoms with Gasteiger partial charge in [-0.25, -0.2) is 4.79 Å². The Morgan fingerprint density at radius 2 is 2.04 bits per heavy atom. The Hall–Kier alpha value is -2.47. The Balaban J connectivity index is 2.00. The number of anilines is 2. The molecule has 122 valence electrons. The molecule has 0 radical (unpaired) electrons. The van der Waals surface area contributed by atoms with Gasteiger partial charge < -0.3 is 20.4 Å². The number of hydrogen-bond acceptors (Lipinski definition) is 3. The summed E-state index contributed by atoms with van der Waals surface area (Å²) in [6, 6.07) is 7.79. The van der Waals surface area contributed by atoms with Gasteiger partial charge in [-0.15, -0.1) is 0 Å². The maximum absolute atomic E-state index is 11.9. The molecule has 23 heavy (non-hydrogen) atoms. The fourth-order valence-electron chi connectivity index (χ4n) is 1.78. The van der Waals surface area contributed by atoms with Gasteiger partial charge in [-0.1, -0.05) is 18.5 Å². The Morgan fingerprint density at radius 3 is 2.65 bits per heavy atom. The van der Waals surface area contributed by atoms with Gasteiger partial charge in [0.1, 0.15) is 0 Å². The maximum Gasteiger partial charge on any atom is 0.319 e. The van der Waals surface area contributed by atoms with Crippen molar-refractivity contribution in [3.8, 4) is 0 Å². The first kappa shape index (κ1) is 16.9. The van der Waals surface area contributed by atoms with E-state index < -0.39 is 5.91 Å². The van der Waals surface area contributed by atoms with E-state index in [0.29, 0.717) is 16.4 Å². The Labute approximate surface area is 139 Å². The van der Waals surface area contributed by atoms with E-state index in [2.05, 4.69) is 16.0 Å². The van der Waals surface area contributed by atoms with Crippen LogP contribution < -0.4 is 16.0 Å². The Kier molecular flexibility index (Phi) is 5.65. The van der Waals surface area contributed by atoms with Gasteiger partial charge in [-0.2, -0.15) is 0 Å². The summed E-state index contributed by atoms with van der Waals surface area (Å²) in [6.07, 6.45) is 2.26. The molecule has 1 aromatic carbocycles. The third-order valence-electron chi connectivity index (χ3n) is 3.21. The molecule has 0 fully saturated rings. The van der Waals surface area contributed by atoms with Crippen molar-refractivity contribution in [1.29, 1.82) is 0 Å². The van der Waals surface area contributed by atoms with E-state index in [-0.39, 0.29) is 17.8 Å². The number of halogens is 1. The van der Waals surface area contributed by atoms with Gasteiger partial charge in [0, 0.05) is 11.7 Å². The summed E-state index contributed by atoms with van der Waals surface area (Å²) < 4.78 is 5.01. The van der Waals surface area contributed by atoms with Crippen LogP contribution in [0.3, 0.4) is 0 Å². The van der Waals surface area contributed by atoms with E-state index in [1.165, 1.54) is 6.26 Å². The van der Waals surface area contributed by atoms with E-state index in [9.17, 15) is 9.59 Å². The van der Waals surface area contributed by atoms with Crippen LogP contribution in [0.1, 0.15) is 30.8 Å². The van der Waals surface area contributed by atoms with Crippen LogP contribution in [-0.4, -0.2) is 18.0 Å². The SMILES string of the molecule is CC[C@@H](C)NC(=O)Nc1ccc(NC(=O)c2ccco2)c(Cl)c1.